The highest BCUT2D eigenvalue weighted by Gasteiger charge is 2.32. The van der Waals surface area contributed by atoms with Crippen LogP contribution in [0.4, 0.5) is 0 Å². The number of thioether (sulfide) groups is 1. The van der Waals surface area contributed by atoms with Gasteiger partial charge in [-0.1, -0.05) is 12.1 Å². The fraction of sp³-hybridized carbons (Fsp3) is 0.500. The summed E-state index contributed by atoms with van der Waals surface area (Å²) in [5.41, 5.74) is 11.1. The largest absolute Gasteiger partial charge is 0.508 e. The molecule has 0 saturated heterocycles. The standard InChI is InChI=1S/C24H36N6O10S/c1-41-7-6-15(21(36)30-18(11-32)24(39)40)27-22(37)16(8-12-2-4-13(33)5-3-12)29-23(38)17(9-19(26)34)28-20(35)14(25)10-31/h2-5,14-18,31-33H,6-11,25H2,1H3,(H2,26,34)(H,27,37)(H,28,35)(H,29,38)(H,30,36)(H,39,40)/t14-,15-,16-,17-,18-/m0/s1. The van der Waals surface area contributed by atoms with Gasteiger partial charge >= 0.3 is 5.97 Å². The van der Waals surface area contributed by atoms with Gasteiger partial charge in [0.05, 0.1) is 19.6 Å². The Hall–Kier alpha value is -3.93. The summed E-state index contributed by atoms with van der Waals surface area (Å²) in [4.78, 5) is 74.2. The second-order valence-corrected chi connectivity index (χ2v) is 9.86. The first kappa shape index (κ1) is 35.1. The number of hydrogen-bond acceptors (Lipinski definition) is 11. The van der Waals surface area contributed by atoms with Crippen LogP contribution in [0.1, 0.15) is 18.4 Å². The van der Waals surface area contributed by atoms with Crippen LogP contribution in [-0.4, -0.2) is 111 Å². The number of amides is 5. The van der Waals surface area contributed by atoms with E-state index in [1.165, 1.54) is 36.0 Å². The number of nitrogens with one attached hydrogen (secondary N) is 4. The molecule has 0 unspecified atom stereocenters. The number of carbonyl (C=O) groups excluding carboxylic acids is 5. The highest BCUT2D eigenvalue weighted by Crippen LogP contribution is 2.12. The third kappa shape index (κ3) is 12.4. The number of carbonyl (C=O) groups is 6. The molecular formula is C24H36N6O10S. The van der Waals surface area contributed by atoms with Gasteiger partial charge < -0.3 is 53.2 Å². The SMILES string of the molecule is CSCC[C@H](NC(=O)[C@H](Cc1ccc(O)cc1)NC(=O)[C@H](CC(N)=O)NC(=O)[C@@H](N)CO)C(=O)N[C@@H](CO)C(=O)O. The summed E-state index contributed by atoms with van der Waals surface area (Å²) >= 11 is 1.35. The van der Waals surface area contributed by atoms with Gasteiger partial charge in [0.25, 0.3) is 0 Å². The lowest BCUT2D eigenvalue weighted by atomic mass is 10.0. The minimum atomic E-state index is -1.62. The molecule has 41 heavy (non-hydrogen) atoms. The molecule has 0 saturated carbocycles. The quantitative estimate of drug-likeness (QED) is 0.0769. The Morgan fingerprint density at radius 3 is 1.83 bits per heavy atom. The molecule has 0 aliphatic heterocycles. The number of aliphatic hydroxyl groups excluding tert-OH is 2. The van der Waals surface area contributed by atoms with Gasteiger partial charge in [-0.05, 0) is 36.1 Å². The van der Waals surface area contributed by atoms with Crippen LogP contribution >= 0.6 is 11.8 Å². The zero-order valence-electron chi connectivity index (χ0n) is 22.2. The second-order valence-electron chi connectivity index (χ2n) is 8.88. The Morgan fingerprint density at radius 2 is 1.32 bits per heavy atom. The van der Waals surface area contributed by atoms with Gasteiger partial charge in [-0.3, -0.25) is 24.0 Å². The smallest absolute Gasteiger partial charge is 0.328 e. The first-order chi connectivity index (χ1) is 19.3. The fourth-order valence-corrected chi connectivity index (χ4v) is 3.83. The molecule has 5 amide bonds. The summed E-state index contributed by atoms with van der Waals surface area (Å²) in [6, 6.07) is -1.62. The molecule has 17 heteroatoms. The molecule has 0 aromatic heterocycles. The molecular weight excluding hydrogens is 564 g/mol. The van der Waals surface area contributed by atoms with Crippen LogP contribution in [0.5, 0.6) is 5.75 Å². The third-order valence-corrected chi connectivity index (χ3v) is 6.27. The molecule has 12 N–H and O–H groups in total. The van der Waals surface area contributed by atoms with Crippen molar-refractivity contribution in [1.82, 2.24) is 21.3 Å². The molecule has 228 valence electrons. The van der Waals surface area contributed by atoms with Crippen LogP contribution in [0, 0.1) is 0 Å². The van der Waals surface area contributed by atoms with E-state index in [1.807, 2.05) is 0 Å². The molecule has 0 spiro atoms. The van der Waals surface area contributed by atoms with E-state index in [4.69, 9.17) is 21.7 Å². The van der Waals surface area contributed by atoms with E-state index in [2.05, 4.69) is 21.3 Å². The van der Waals surface area contributed by atoms with E-state index in [0.29, 0.717) is 11.3 Å². The monoisotopic (exact) mass is 600 g/mol. The predicted molar refractivity (Wildman–Crippen MR) is 146 cm³/mol. The maximum absolute atomic E-state index is 13.4. The van der Waals surface area contributed by atoms with Gasteiger partial charge in [0, 0.05) is 6.42 Å². The number of primary amides is 1. The average molecular weight is 601 g/mol. The molecule has 0 fully saturated rings. The van der Waals surface area contributed by atoms with Gasteiger partial charge in [0.2, 0.25) is 29.5 Å². The zero-order valence-corrected chi connectivity index (χ0v) is 23.1. The summed E-state index contributed by atoms with van der Waals surface area (Å²) in [6.45, 7) is -1.64. The van der Waals surface area contributed by atoms with Crippen molar-refractivity contribution in [2.24, 2.45) is 11.5 Å². The molecule has 0 aliphatic rings. The van der Waals surface area contributed by atoms with Crippen LogP contribution in [0.25, 0.3) is 0 Å². The molecule has 0 radical (unpaired) electrons. The van der Waals surface area contributed by atoms with E-state index >= 15 is 0 Å². The van der Waals surface area contributed by atoms with Crippen molar-refractivity contribution < 1.29 is 49.2 Å². The molecule has 5 atom stereocenters. The van der Waals surface area contributed by atoms with Gasteiger partial charge in [0.1, 0.15) is 36.0 Å². The molecule has 1 aromatic rings. The van der Waals surface area contributed by atoms with Gasteiger partial charge in [-0.2, -0.15) is 11.8 Å². The van der Waals surface area contributed by atoms with Gasteiger partial charge in [-0.25, -0.2) is 4.79 Å². The van der Waals surface area contributed by atoms with E-state index in [1.54, 1.807) is 6.26 Å². The number of hydrogen-bond donors (Lipinski definition) is 10. The number of phenolic OH excluding ortho intramolecular Hbond substituents is 1. The van der Waals surface area contributed by atoms with Gasteiger partial charge in [-0.15, -0.1) is 0 Å². The van der Waals surface area contributed by atoms with Crippen LogP contribution in [-0.2, 0) is 35.2 Å². The van der Waals surface area contributed by atoms with Crippen molar-refractivity contribution >= 4 is 47.3 Å². The number of rotatable bonds is 18. The van der Waals surface area contributed by atoms with Crippen molar-refractivity contribution in [3.05, 3.63) is 29.8 Å². The maximum atomic E-state index is 13.4. The summed E-state index contributed by atoms with van der Waals surface area (Å²) in [7, 11) is 0. The van der Waals surface area contributed by atoms with E-state index in [0.717, 1.165) is 0 Å². The van der Waals surface area contributed by atoms with Crippen LogP contribution in [0.15, 0.2) is 24.3 Å². The van der Waals surface area contributed by atoms with Crippen molar-refractivity contribution in [1.29, 1.82) is 0 Å². The fourth-order valence-electron chi connectivity index (χ4n) is 3.36. The number of aromatic hydroxyl groups is 1. The number of aliphatic carboxylic acids is 1. The Kier molecular flexibility index (Phi) is 15.1. The summed E-state index contributed by atoms with van der Waals surface area (Å²) in [5, 5.41) is 46.3. The number of carboxylic acid groups (broad SMARTS) is 1. The normalized spacial score (nSPS) is 14.4. The lowest BCUT2D eigenvalue weighted by molar-refractivity contribution is -0.143. The van der Waals surface area contributed by atoms with Gasteiger partial charge in [0.15, 0.2) is 0 Å². The molecule has 1 rings (SSSR count). The highest BCUT2D eigenvalue weighted by atomic mass is 32.2. The Labute approximate surface area is 239 Å². The van der Waals surface area contributed by atoms with E-state index in [9.17, 15) is 39.0 Å². The topological polar surface area (TPSA) is 284 Å². The highest BCUT2D eigenvalue weighted by molar-refractivity contribution is 7.98. The summed E-state index contributed by atoms with van der Waals surface area (Å²) < 4.78 is 0. The first-order valence-electron chi connectivity index (χ1n) is 12.3. The molecule has 16 nitrogen and oxygen atoms in total. The number of nitrogens with two attached hydrogens (primary N) is 2. The number of benzene rings is 1. The van der Waals surface area contributed by atoms with E-state index < -0.39 is 85.3 Å². The molecule has 0 aliphatic carbocycles. The lowest BCUT2D eigenvalue weighted by Gasteiger charge is -2.26. The summed E-state index contributed by atoms with van der Waals surface area (Å²) in [6.07, 6.45) is 0.973. The second kappa shape index (κ2) is 17.7. The van der Waals surface area contributed by atoms with Crippen molar-refractivity contribution in [3.63, 3.8) is 0 Å². The van der Waals surface area contributed by atoms with Crippen LogP contribution < -0.4 is 32.7 Å². The minimum absolute atomic E-state index is 0.0612. The average Bonchev–Trinajstić information content (AvgIpc) is 2.92. The van der Waals surface area contributed by atoms with E-state index in [-0.39, 0.29) is 18.6 Å². The molecule has 0 bridgehead atoms. The van der Waals surface area contributed by atoms with Crippen molar-refractivity contribution in [2.75, 3.05) is 25.2 Å². The van der Waals surface area contributed by atoms with Crippen LogP contribution in [0.3, 0.4) is 0 Å². The minimum Gasteiger partial charge on any atom is -0.508 e. The Balaban J connectivity index is 3.27. The first-order valence-corrected chi connectivity index (χ1v) is 13.7. The predicted octanol–water partition coefficient (Wildman–Crippen LogP) is -4.10. The lowest BCUT2D eigenvalue weighted by Crippen LogP contribution is -2.59. The molecule has 0 heterocycles. The summed E-state index contributed by atoms with van der Waals surface area (Å²) in [5.74, 6) is -5.86. The Morgan fingerprint density at radius 1 is 0.805 bits per heavy atom. The number of carboxylic acids is 1. The number of aliphatic hydroxyl groups is 2. The molecule has 1 aromatic carbocycles. The van der Waals surface area contributed by atoms with Crippen molar-refractivity contribution in [2.45, 2.75) is 49.5 Å². The Bertz CT molecular complexity index is 1070. The third-order valence-electron chi connectivity index (χ3n) is 5.62. The zero-order chi connectivity index (χ0) is 31.1. The number of phenols is 1. The van der Waals surface area contributed by atoms with Crippen molar-refractivity contribution in [3.8, 4) is 5.75 Å². The van der Waals surface area contributed by atoms with Crippen LogP contribution in [0.2, 0.25) is 0 Å². The maximum Gasteiger partial charge on any atom is 0.328 e.